The molecule has 1 aliphatic rings. The van der Waals surface area contributed by atoms with E-state index in [0.717, 1.165) is 23.2 Å². The summed E-state index contributed by atoms with van der Waals surface area (Å²) in [5.41, 5.74) is 1.49. The van der Waals surface area contributed by atoms with Crippen LogP contribution in [0, 0.1) is 0 Å². The maximum absolute atomic E-state index is 12.9. The van der Waals surface area contributed by atoms with E-state index < -0.39 is 0 Å². The van der Waals surface area contributed by atoms with Crippen LogP contribution >= 0.6 is 0 Å². The summed E-state index contributed by atoms with van der Waals surface area (Å²) in [5.74, 6) is 2.12. The SMILES string of the molecule is CCN(C(=O)Nc1ccc2c(c1)OCCCO2)C(C)c1cc2ccccc2o1. The lowest BCUT2D eigenvalue weighted by atomic mass is 10.2. The Hall–Kier alpha value is -3.15. The minimum atomic E-state index is -0.196. The normalized spacial score (nSPS) is 14.4. The third kappa shape index (κ3) is 3.63. The Morgan fingerprint density at radius 1 is 1.11 bits per heavy atom. The van der Waals surface area contributed by atoms with Crippen molar-refractivity contribution in [2.45, 2.75) is 26.3 Å². The minimum Gasteiger partial charge on any atom is -0.490 e. The van der Waals surface area contributed by atoms with Crippen molar-refractivity contribution < 1.29 is 18.7 Å². The average molecular weight is 380 g/mol. The highest BCUT2D eigenvalue weighted by Crippen LogP contribution is 2.33. The lowest BCUT2D eigenvalue weighted by molar-refractivity contribution is 0.189. The Morgan fingerprint density at radius 3 is 2.68 bits per heavy atom. The predicted octanol–water partition coefficient (Wildman–Crippen LogP) is 5.21. The van der Waals surface area contributed by atoms with Gasteiger partial charge in [-0.2, -0.15) is 0 Å². The molecule has 28 heavy (non-hydrogen) atoms. The molecule has 0 spiro atoms. The quantitative estimate of drug-likeness (QED) is 0.675. The van der Waals surface area contributed by atoms with Gasteiger partial charge in [0.1, 0.15) is 11.3 Å². The summed E-state index contributed by atoms with van der Waals surface area (Å²) >= 11 is 0. The van der Waals surface area contributed by atoms with E-state index in [-0.39, 0.29) is 12.1 Å². The standard InChI is InChI=1S/C22H24N2O4/c1-3-24(15(2)20-13-16-7-4-5-8-18(16)28-20)22(25)23-17-9-10-19-21(14-17)27-12-6-11-26-19/h4-5,7-10,13-15H,3,6,11-12H2,1-2H3,(H,23,25). The zero-order chi connectivity index (χ0) is 19.5. The van der Waals surface area contributed by atoms with Crippen molar-refractivity contribution in [3.63, 3.8) is 0 Å². The Labute approximate surface area is 164 Å². The number of para-hydroxylation sites is 1. The van der Waals surface area contributed by atoms with Gasteiger partial charge in [0.2, 0.25) is 0 Å². The molecule has 0 radical (unpaired) electrons. The van der Waals surface area contributed by atoms with Crippen LogP contribution in [0.4, 0.5) is 10.5 Å². The Balaban J connectivity index is 1.51. The topological polar surface area (TPSA) is 63.9 Å². The molecule has 0 saturated heterocycles. The van der Waals surface area contributed by atoms with Gasteiger partial charge in [-0.25, -0.2) is 4.79 Å². The third-order valence-corrected chi connectivity index (χ3v) is 4.92. The summed E-state index contributed by atoms with van der Waals surface area (Å²) < 4.78 is 17.3. The van der Waals surface area contributed by atoms with Gasteiger partial charge in [0.05, 0.1) is 19.3 Å². The molecular weight excluding hydrogens is 356 g/mol. The molecule has 1 aromatic heterocycles. The summed E-state index contributed by atoms with van der Waals surface area (Å²) in [6, 6.07) is 14.9. The summed E-state index contributed by atoms with van der Waals surface area (Å²) in [4.78, 5) is 14.6. The molecule has 0 aliphatic carbocycles. The fourth-order valence-electron chi connectivity index (χ4n) is 3.39. The Kier molecular flexibility index (Phi) is 5.10. The van der Waals surface area contributed by atoms with Crippen LogP contribution in [0.2, 0.25) is 0 Å². The molecule has 4 rings (SSSR count). The lowest BCUT2D eigenvalue weighted by Gasteiger charge is -2.27. The number of ether oxygens (including phenoxy) is 2. The van der Waals surface area contributed by atoms with E-state index >= 15 is 0 Å². The second kappa shape index (κ2) is 7.84. The molecule has 1 unspecified atom stereocenters. The number of fused-ring (bicyclic) bond motifs is 2. The summed E-state index contributed by atoms with van der Waals surface area (Å²) in [5, 5.41) is 3.99. The smallest absolute Gasteiger partial charge is 0.322 e. The molecule has 1 N–H and O–H groups in total. The van der Waals surface area contributed by atoms with Gasteiger partial charge in [0, 0.05) is 30.1 Å². The molecule has 6 nitrogen and oxygen atoms in total. The van der Waals surface area contributed by atoms with Gasteiger partial charge in [0.25, 0.3) is 0 Å². The van der Waals surface area contributed by atoms with E-state index in [1.54, 1.807) is 11.0 Å². The highest BCUT2D eigenvalue weighted by molar-refractivity contribution is 5.90. The molecule has 2 amide bonds. The highest BCUT2D eigenvalue weighted by Gasteiger charge is 2.23. The van der Waals surface area contributed by atoms with Crippen molar-refractivity contribution in [1.82, 2.24) is 4.90 Å². The fourth-order valence-corrected chi connectivity index (χ4v) is 3.39. The van der Waals surface area contributed by atoms with Gasteiger partial charge in [-0.1, -0.05) is 18.2 Å². The van der Waals surface area contributed by atoms with Crippen LogP contribution in [0.1, 0.15) is 32.1 Å². The maximum Gasteiger partial charge on any atom is 0.322 e. The molecule has 2 aromatic carbocycles. The second-order valence-corrected chi connectivity index (χ2v) is 6.79. The third-order valence-electron chi connectivity index (χ3n) is 4.92. The van der Waals surface area contributed by atoms with Crippen molar-refractivity contribution in [3.8, 4) is 11.5 Å². The number of nitrogens with one attached hydrogen (secondary N) is 1. The molecule has 0 bridgehead atoms. The maximum atomic E-state index is 12.9. The van der Waals surface area contributed by atoms with Crippen molar-refractivity contribution in [2.75, 3.05) is 25.1 Å². The first-order valence-corrected chi connectivity index (χ1v) is 9.61. The number of nitrogens with zero attached hydrogens (tertiary/aromatic N) is 1. The molecule has 1 aliphatic heterocycles. The first-order valence-electron chi connectivity index (χ1n) is 9.61. The molecule has 3 aromatic rings. The number of benzene rings is 2. The first kappa shape index (κ1) is 18.2. The number of amides is 2. The predicted molar refractivity (Wildman–Crippen MR) is 108 cm³/mol. The zero-order valence-corrected chi connectivity index (χ0v) is 16.1. The van der Waals surface area contributed by atoms with E-state index in [4.69, 9.17) is 13.9 Å². The van der Waals surface area contributed by atoms with E-state index in [1.165, 1.54) is 0 Å². The van der Waals surface area contributed by atoms with Gasteiger partial charge in [-0.05, 0) is 38.1 Å². The highest BCUT2D eigenvalue weighted by atomic mass is 16.5. The zero-order valence-electron chi connectivity index (χ0n) is 16.1. The van der Waals surface area contributed by atoms with Crippen molar-refractivity contribution in [1.29, 1.82) is 0 Å². The Bertz CT molecular complexity index is 949. The largest absolute Gasteiger partial charge is 0.490 e. The van der Waals surface area contributed by atoms with E-state index in [0.29, 0.717) is 36.9 Å². The first-order chi connectivity index (χ1) is 13.7. The molecule has 0 saturated carbocycles. The molecule has 0 fully saturated rings. The molecule has 1 atom stereocenters. The molecule has 146 valence electrons. The number of carbonyl (C=O) groups is 1. The van der Waals surface area contributed by atoms with Crippen LogP contribution in [0.25, 0.3) is 11.0 Å². The van der Waals surface area contributed by atoms with Crippen molar-refractivity contribution >= 4 is 22.7 Å². The second-order valence-electron chi connectivity index (χ2n) is 6.79. The summed E-state index contributed by atoms with van der Waals surface area (Å²) in [6.45, 7) is 5.71. The number of anilines is 1. The number of hydrogen-bond acceptors (Lipinski definition) is 4. The average Bonchev–Trinajstić information content (AvgIpc) is 3.00. The summed E-state index contributed by atoms with van der Waals surface area (Å²) in [7, 11) is 0. The van der Waals surface area contributed by atoms with Crippen LogP contribution in [-0.2, 0) is 0 Å². The van der Waals surface area contributed by atoms with E-state index in [2.05, 4.69) is 5.32 Å². The van der Waals surface area contributed by atoms with Gasteiger partial charge in [-0.3, -0.25) is 0 Å². The number of carbonyl (C=O) groups excluding carboxylic acids is 1. The van der Waals surface area contributed by atoms with Gasteiger partial charge >= 0.3 is 6.03 Å². The number of rotatable bonds is 4. The molecule has 2 heterocycles. The molecular formula is C22H24N2O4. The van der Waals surface area contributed by atoms with Gasteiger partial charge in [0.15, 0.2) is 11.5 Å². The van der Waals surface area contributed by atoms with Gasteiger partial charge in [-0.15, -0.1) is 0 Å². The summed E-state index contributed by atoms with van der Waals surface area (Å²) in [6.07, 6.45) is 0.842. The monoisotopic (exact) mass is 380 g/mol. The number of furan rings is 1. The molecule has 6 heteroatoms. The van der Waals surface area contributed by atoms with Crippen LogP contribution in [0.3, 0.4) is 0 Å². The Morgan fingerprint density at radius 2 is 1.89 bits per heavy atom. The van der Waals surface area contributed by atoms with Crippen LogP contribution in [-0.4, -0.2) is 30.7 Å². The van der Waals surface area contributed by atoms with E-state index in [1.807, 2.05) is 56.3 Å². The number of hydrogen-bond donors (Lipinski definition) is 1. The van der Waals surface area contributed by atoms with Crippen LogP contribution < -0.4 is 14.8 Å². The van der Waals surface area contributed by atoms with Gasteiger partial charge < -0.3 is 24.1 Å². The van der Waals surface area contributed by atoms with Crippen molar-refractivity contribution in [3.05, 3.63) is 54.3 Å². The fraction of sp³-hybridized carbons (Fsp3) is 0.318. The minimum absolute atomic E-state index is 0.190. The van der Waals surface area contributed by atoms with Crippen LogP contribution in [0.15, 0.2) is 52.9 Å². The van der Waals surface area contributed by atoms with Crippen molar-refractivity contribution in [2.24, 2.45) is 0 Å². The van der Waals surface area contributed by atoms with E-state index in [9.17, 15) is 4.79 Å². The lowest BCUT2D eigenvalue weighted by Crippen LogP contribution is -2.36. The van der Waals surface area contributed by atoms with Crippen LogP contribution in [0.5, 0.6) is 11.5 Å². The number of urea groups is 1.